The van der Waals surface area contributed by atoms with E-state index >= 15 is 0 Å². The summed E-state index contributed by atoms with van der Waals surface area (Å²) in [7, 11) is 1.90. The second-order valence-electron chi connectivity index (χ2n) is 9.59. The zero-order chi connectivity index (χ0) is 24.2. The van der Waals surface area contributed by atoms with Crippen LogP contribution < -0.4 is 10.2 Å². The number of hydrogen-bond acceptors (Lipinski definition) is 3. The average molecular weight is 456 g/mol. The number of aromatic nitrogens is 3. The lowest BCUT2D eigenvalue weighted by Gasteiger charge is -2.21. The highest BCUT2D eigenvalue weighted by Crippen LogP contribution is 2.43. The number of benzene rings is 2. The van der Waals surface area contributed by atoms with Gasteiger partial charge in [-0.15, -0.1) is 0 Å². The van der Waals surface area contributed by atoms with E-state index in [-0.39, 0.29) is 11.8 Å². The van der Waals surface area contributed by atoms with Gasteiger partial charge in [0.25, 0.3) is 5.91 Å². The van der Waals surface area contributed by atoms with E-state index in [2.05, 4.69) is 15.4 Å². The maximum absolute atomic E-state index is 13.4. The highest BCUT2D eigenvalue weighted by Gasteiger charge is 2.44. The standard InChI is InChI=1S/C27H29N5O2/c1-16-17(2)30-31(5)24(16)15-32-23-13-19(10-11-21(23)27(3,4)26(32)34)25(33)28-14-20-12-18-8-6-7-9-22(18)29-20/h6-13,29H,14-15H2,1-5H3,(H,28,33). The van der Waals surface area contributed by atoms with Gasteiger partial charge in [0.15, 0.2) is 0 Å². The number of nitrogens with zero attached hydrogens (tertiary/aromatic N) is 3. The SMILES string of the molecule is Cc1nn(C)c(CN2C(=O)C(C)(C)c3ccc(C(=O)NCc4cc5ccccc5[nH]4)cc32)c1C. The fourth-order valence-corrected chi connectivity index (χ4v) is 4.83. The summed E-state index contributed by atoms with van der Waals surface area (Å²) in [5.74, 6) is -0.150. The van der Waals surface area contributed by atoms with Crippen molar-refractivity contribution in [3.63, 3.8) is 0 Å². The summed E-state index contributed by atoms with van der Waals surface area (Å²) in [6, 6.07) is 15.6. The van der Waals surface area contributed by atoms with Crippen molar-refractivity contribution in [1.82, 2.24) is 20.1 Å². The third kappa shape index (κ3) is 3.48. The van der Waals surface area contributed by atoms with Gasteiger partial charge in [-0.2, -0.15) is 5.10 Å². The van der Waals surface area contributed by atoms with Crippen LogP contribution in [0.2, 0.25) is 0 Å². The number of amides is 2. The van der Waals surface area contributed by atoms with Gasteiger partial charge in [0, 0.05) is 29.5 Å². The molecule has 0 fully saturated rings. The summed E-state index contributed by atoms with van der Waals surface area (Å²) in [6.45, 7) is 8.68. The topological polar surface area (TPSA) is 83.0 Å². The van der Waals surface area contributed by atoms with Gasteiger partial charge < -0.3 is 15.2 Å². The minimum Gasteiger partial charge on any atom is -0.357 e. The summed E-state index contributed by atoms with van der Waals surface area (Å²) in [5, 5.41) is 8.61. The number of carbonyl (C=O) groups is 2. The zero-order valence-corrected chi connectivity index (χ0v) is 20.2. The fraction of sp³-hybridized carbons (Fsp3) is 0.296. The first kappa shape index (κ1) is 21.9. The van der Waals surface area contributed by atoms with Gasteiger partial charge in [-0.05, 0) is 68.5 Å². The maximum Gasteiger partial charge on any atom is 0.251 e. The molecular formula is C27H29N5O2. The Morgan fingerprint density at radius 1 is 1.12 bits per heavy atom. The first-order chi connectivity index (χ1) is 16.2. The first-order valence-corrected chi connectivity index (χ1v) is 11.5. The van der Waals surface area contributed by atoms with Gasteiger partial charge in [-0.25, -0.2) is 0 Å². The molecule has 0 spiro atoms. The Morgan fingerprint density at radius 2 is 1.88 bits per heavy atom. The minimum absolute atomic E-state index is 0.0244. The van der Waals surface area contributed by atoms with E-state index in [0.29, 0.717) is 18.7 Å². The summed E-state index contributed by atoms with van der Waals surface area (Å²) in [5.41, 5.74) is 6.59. The van der Waals surface area contributed by atoms with Gasteiger partial charge in [-0.3, -0.25) is 14.3 Å². The Kier molecular flexibility index (Phi) is 5.08. The third-order valence-corrected chi connectivity index (χ3v) is 7.00. The Bertz CT molecular complexity index is 1410. The highest BCUT2D eigenvalue weighted by molar-refractivity contribution is 6.09. The Balaban J connectivity index is 1.41. The van der Waals surface area contributed by atoms with E-state index in [1.807, 2.05) is 81.9 Å². The molecule has 2 N–H and O–H groups in total. The predicted molar refractivity (Wildman–Crippen MR) is 133 cm³/mol. The van der Waals surface area contributed by atoms with Crippen molar-refractivity contribution in [3.05, 3.63) is 82.3 Å². The first-order valence-electron chi connectivity index (χ1n) is 11.5. The second-order valence-corrected chi connectivity index (χ2v) is 9.59. The molecule has 2 amide bonds. The van der Waals surface area contributed by atoms with Gasteiger partial charge in [0.2, 0.25) is 5.91 Å². The molecule has 34 heavy (non-hydrogen) atoms. The number of fused-ring (bicyclic) bond motifs is 2. The maximum atomic E-state index is 13.4. The van der Waals surface area contributed by atoms with E-state index in [0.717, 1.165) is 44.8 Å². The van der Waals surface area contributed by atoms with Crippen LogP contribution in [0.1, 0.15) is 52.4 Å². The van der Waals surface area contributed by atoms with Crippen LogP contribution in [-0.2, 0) is 30.3 Å². The largest absolute Gasteiger partial charge is 0.357 e. The fourth-order valence-electron chi connectivity index (χ4n) is 4.83. The van der Waals surface area contributed by atoms with Crippen LogP contribution in [0.4, 0.5) is 5.69 Å². The molecule has 7 nitrogen and oxygen atoms in total. The lowest BCUT2D eigenvalue weighted by atomic mass is 9.86. The smallest absolute Gasteiger partial charge is 0.251 e. The summed E-state index contributed by atoms with van der Waals surface area (Å²) < 4.78 is 1.83. The van der Waals surface area contributed by atoms with Crippen molar-refractivity contribution in [2.75, 3.05) is 4.90 Å². The van der Waals surface area contributed by atoms with Crippen molar-refractivity contribution in [3.8, 4) is 0 Å². The average Bonchev–Trinajstić information content (AvgIpc) is 3.40. The van der Waals surface area contributed by atoms with Gasteiger partial charge in [0.05, 0.1) is 29.9 Å². The molecule has 0 radical (unpaired) electrons. The number of anilines is 1. The monoisotopic (exact) mass is 455 g/mol. The predicted octanol–water partition coefficient (Wildman–Crippen LogP) is 4.27. The number of carbonyl (C=O) groups excluding carboxylic acids is 2. The molecule has 5 rings (SSSR count). The molecule has 3 heterocycles. The number of aromatic amines is 1. The lowest BCUT2D eigenvalue weighted by molar-refractivity contribution is -0.122. The minimum atomic E-state index is -0.657. The van der Waals surface area contributed by atoms with Crippen LogP contribution in [0.25, 0.3) is 10.9 Å². The summed E-state index contributed by atoms with van der Waals surface area (Å²) in [6.07, 6.45) is 0. The number of H-pyrrole nitrogens is 1. The molecule has 0 saturated heterocycles. The van der Waals surface area contributed by atoms with E-state index in [1.54, 1.807) is 11.0 Å². The molecule has 2 aromatic heterocycles. The van der Waals surface area contributed by atoms with Crippen molar-refractivity contribution >= 4 is 28.4 Å². The molecule has 7 heteroatoms. The molecule has 174 valence electrons. The van der Waals surface area contributed by atoms with E-state index in [9.17, 15) is 9.59 Å². The van der Waals surface area contributed by atoms with Gasteiger partial charge >= 0.3 is 0 Å². The van der Waals surface area contributed by atoms with Gasteiger partial charge in [-0.1, -0.05) is 24.3 Å². The van der Waals surface area contributed by atoms with E-state index < -0.39 is 5.41 Å². The normalized spacial score (nSPS) is 14.6. The highest BCUT2D eigenvalue weighted by atomic mass is 16.2. The van der Waals surface area contributed by atoms with E-state index in [4.69, 9.17) is 0 Å². The zero-order valence-electron chi connectivity index (χ0n) is 20.2. The Morgan fingerprint density at radius 3 is 2.59 bits per heavy atom. The third-order valence-electron chi connectivity index (χ3n) is 7.00. The van der Waals surface area contributed by atoms with Gasteiger partial charge in [0.1, 0.15) is 0 Å². The number of rotatable bonds is 5. The molecular weight excluding hydrogens is 426 g/mol. The molecule has 0 saturated carbocycles. The van der Waals surface area contributed by atoms with E-state index in [1.165, 1.54) is 0 Å². The van der Waals surface area contributed by atoms with Crippen molar-refractivity contribution in [2.45, 2.75) is 46.2 Å². The lowest BCUT2D eigenvalue weighted by Crippen LogP contribution is -2.36. The van der Waals surface area contributed by atoms with Crippen molar-refractivity contribution in [2.24, 2.45) is 7.05 Å². The van der Waals surface area contributed by atoms with Crippen molar-refractivity contribution < 1.29 is 9.59 Å². The van der Waals surface area contributed by atoms with Crippen LogP contribution in [0, 0.1) is 13.8 Å². The molecule has 0 atom stereocenters. The summed E-state index contributed by atoms with van der Waals surface area (Å²) >= 11 is 0. The number of nitrogens with one attached hydrogen (secondary N) is 2. The number of para-hydroxylation sites is 1. The molecule has 1 aliphatic rings. The molecule has 1 aliphatic heterocycles. The van der Waals surface area contributed by atoms with Crippen molar-refractivity contribution in [1.29, 1.82) is 0 Å². The Labute approximate surface area is 198 Å². The number of hydrogen-bond donors (Lipinski definition) is 2. The quantitative estimate of drug-likeness (QED) is 0.471. The van der Waals surface area contributed by atoms with Crippen LogP contribution in [0.3, 0.4) is 0 Å². The van der Waals surface area contributed by atoms with Crippen LogP contribution >= 0.6 is 0 Å². The summed E-state index contributed by atoms with van der Waals surface area (Å²) in [4.78, 5) is 31.5. The molecule has 4 aromatic rings. The molecule has 0 aliphatic carbocycles. The molecule has 0 unspecified atom stereocenters. The Hall–Kier alpha value is -3.87. The molecule has 0 bridgehead atoms. The molecule has 2 aromatic carbocycles. The number of aryl methyl sites for hydroxylation is 2. The van der Waals surface area contributed by atoms with Crippen LogP contribution in [0.5, 0.6) is 0 Å². The van der Waals surface area contributed by atoms with Crippen LogP contribution in [-0.4, -0.2) is 26.6 Å². The second kappa shape index (κ2) is 7.87. The van der Waals surface area contributed by atoms with Crippen LogP contribution in [0.15, 0.2) is 48.5 Å².